The molecule has 1 N–H and O–H groups in total. The Bertz CT molecular complexity index is 775. The first kappa shape index (κ1) is 18.0. The van der Waals surface area contributed by atoms with Gasteiger partial charge in [0.1, 0.15) is 5.75 Å². The van der Waals surface area contributed by atoms with Crippen LogP contribution in [0.15, 0.2) is 54.6 Å². The molecule has 5 nitrogen and oxygen atoms in total. The topological polar surface area (TPSA) is 66.8 Å². The number of aliphatic carboxylic acids is 1. The van der Waals surface area contributed by atoms with Crippen LogP contribution in [0.5, 0.6) is 5.75 Å². The van der Waals surface area contributed by atoms with Gasteiger partial charge in [-0.1, -0.05) is 49.4 Å². The summed E-state index contributed by atoms with van der Waals surface area (Å²) in [6.45, 7) is 2.99. The first-order valence-electron chi connectivity index (χ1n) is 8.83. The van der Waals surface area contributed by atoms with Gasteiger partial charge in [-0.15, -0.1) is 0 Å². The van der Waals surface area contributed by atoms with Crippen molar-refractivity contribution in [1.29, 1.82) is 0 Å². The van der Waals surface area contributed by atoms with Gasteiger partial charge >= 0.3 is 5.97 Å². The van der Waals surface area contributed by atoms with E-state index in [1.165, 1.54) is 0 Å². The van der Waals surface area contributed by atoms with Gasteiger partial charge in [-0.3, -0.25) is 9.59 Å². The van der Waals surface area contributed by atoms with Crippen LogP contribution in [-0.4, -0.2) is 35.0 Å². The highest BCUT2D eigenvalue weighted by atomic mass is 16.5. The number of benzene rings is 2. The molecular formula is C21H23NO4. The Morgan fingerprint density at radius 2 is 1.85 bits per heavy atom. The predicted octanol–water partition coefficient (Wildman–Crippen LogP) is 3.30. The molecule has 1 aliphatic heterocycles. The first-order chi connectivity index (χ1) is 12.6. The minimum absolute atomic E-state index is 0.0255. The van der Waals surface area contributed by atoms with Gasteiger partial charge in [-0.05, 0) is 29.7 Å². The quantitative estimate of drug-likeness (QED) is 0.865. The monoisotopic (exact) mass is 353 g/mol. The zero-order chi connectivity index (χ0) is 18.5. The predicted molar refractivity (Wildman–Crippen MR) is 98.0 cm³/mol. The highest BCUT2D eigenvalue weighted by molar-refractivity contribution is 5.82. The van der Waals surface area contributed by atoms with E-state index in [0.29, 0.717) is 19.6 Å². The Morgan fingerprint density at radius 1 is 1.15 bits per heavy atom. The molecule has 0 aliphatic carbocycles. The molecule has 0 aromatic heterocycles. The van der Waals surface area contributed by atoms with Crippen molar-refractivity contribution in [2.24, 2.45) is 5.92 Å². The maximum Gasteiger partial charge on any atom is 0.312 e. The van der Waals surface area contributed by atoms with Crippen molar-refractivity contribution in [3.8, 4) is 5.75 Å². The van der Waals surface area contributed by atoms with Crippen LogP contribution in [0.1, 0.15) is 30.4 Å². The van der Waals surface area contributed by atoms with E-state index in [1.54, 1.807) is 4.90 Å². The summed E-state index contributed by atoms with van der Waals surface area (Å²) in [6, 6.07) is 16.9. The standard InChI is InChI=1S/C21H23NO4/c1-15(11-12-26-17-8-3-2-4-9-17)20(23)22-13-16-7-5-6-10-18(16)19(14-22)21(24)25/h2-10,15,19H,11-14H2,1H3,(H,24,25). The van der Waals surface area contributed by atoms with E-state index in [2.05, 4.69) is 0 Å². The SMILES string of the molecule is CC(CCOc1ccccc1)C(=O)N1Cc2ccccc2C(C(=O)O)C1. The second-order valence-electron chi connectivity index (χ2n) is 6.66. The molecule has 2 aromatic carbocycles. The van der Waals surface area contributed by atoms with Crippen LogP contribution in [0.3, 0.4) is 0 Å². The lowest BCUT2D eigenvalue weighted by Gasteiger charge is -2.34. The zero-order valence-electron chi connectivity index (χ0n) is 14.8. The molecule has 1 aliphatic rings. The van der Waals surface area contributed by atoms with Crippen LogP contribution in [0, 0.1) is 5.92 Å². The van der Waals surface area contributed by atoms with Crippen molar-refractivity contribution in [3.63, 3.8) is 0 Å². The Morgan fingerprint density at radius 3 is 2.58 bits per heavy atom. The number of ether oxygens (including phenoxy) is 1. The second-order valence-corrected chi connectivity index (χ2v) is 6.66. The molecule has 136 valence electrons. The number of para-hydroxylation sites is 1. The van der Waals surface area contributed by atoms with E-state index in [-0.39, 0.29) is 18.4 Å². The van der Waals surface area contributed by atoms with Crippen molar-refractivity contribution in [1.82, 2.24) is 4.90 Å². The highest BCUT2D eigenvalue weighted by Crippen LogP contribution is 2.29. The summed E-state index contributed by atoms with van der Waals surface area (Å²) in [5.74, 6) is -1.03. The minimum atomic E-state index is -0.894. The van der Waals surface area contributed by atoms with Gasteiger partial charge in [-0.2, -0.15) is 0 Å². The van der Waals surface area contributed by atoms with Crippen LogP contribution < -0.4 is 4.74 Å². The van der Waals surface area contributed by atoms with Crippen LogP contribution in [0.4, 0.5) is 0 Å². The summed E-state index contributed by atoms with van der Waals surface area (Å²) in [6.07, 6.45) is 0.587. The Kier molecular flexibility index (Phi) is 5.56. The smallest absolute Gasteiger partial charge is 0.312 e. The molecule has 0 spiro atoms. The number of nitrogens with zero attached hydrogens (tertiary/aromatic N) is 1. The molecule has 1 heterocycles. The van der Waals surface area contributed by atoms with Gasteiger partial charge in [0.05, 0.1) is 12.5 Å². The van der Waals surface area contributed by atoms with Gasteiger partial charge in [0, 0.05) is 19.0 Å². The lowest BCUT2D eigenvalue weighted by Crippen LogP contribution is -2.43. The number of fused-ring (bicyclic) bond motifs is 1. The van der Waals surface area contributed by atoms with Gasteiger partial charge in [0.25, 0.3) is 0 Å². The highest BCUT2D eigenvalue weighted by Gasteiger charge is 2.33. The third-order valence-electron chi connectivity index (χ3n) is 4.79. The average Bonchev–Trinajstić information content (AvgIpc) is 2.67. The summed E-state index contributed by atoms with van der Waals surface area (Å²) in [7, 11) is 0. The van der Waals surface area contributed by atoms with E-state index < -0.39 is 11.9 Å². The number of rotatable bonds is 6. The average molecular weight is 353 g/mol. The number of carbonyl (C=O) groups excluding carboxylic acids is 1. The molecule has 26 heavy (non-hydrogen) atoms. The number of amides is 1. The molecule has 1 amide bonds. The van der Waals surface area contributed by atoms with Crippen molar-refractivity contribution in [2.75, 3.05) is 13.2 Å². The fourth-order valence-electron chi connectivity index (χ4n) is 3.29. The van der Waals surface area contributed by atoms with E-state index >= 15 is 0 Å². The molecule has 0 saturated carbocycles. The number of carboxylic acids is 1. The van der Waals surface area contributed by atoms with Crippen molar-refractivity contribution in [3.05, 3.63) is 65.7 Å². The van der Waals surface area contributed by atoms with Crippen LogP contribution >= 0.6 is 0 Å². The van der Waals surface area contributed by atoms with Crippen molar-refractivity contribution >= 4 is 11.9 Å². The Balaban J connectivity index is 1.61. The fourth-order valence-corrected chi connectivity index (χ4v) is 3.29. The minimum Gasteiger partial charge on any atom is -0.494 e. The van der Waals surface area contributed by atoms with Crippen LogP contribution in [-0.2, 0) is 16.1 Å². The van der Waals surface area contributed by atoms with Gasteiger partial charge in [-0.25, -0.2) is 0 Å². The summed E-state index contributed by atoms with van der Waals surface area (Å²) in [4.78, 5) is 26.1. The summed E-state index contributed by atoms with van der Waals surface area (Å²) >= 11 is 0. The molecular weight excluding hydrogens is 330 g/mol. The van der Waals surface area contributed by atoms with Crippen molar-refractivity contribution in [2.45, 2.75) is 25.8 Å². The zero-order valence-corrected chi connectivity index (χ0v) is 14.8. The second kappa shape index (κ2) is 8.04. The third kappa shape index (κ3) is 4.04. The molecule has 3 rings (SSSR count). The lowest BCUT2D eigenvalue weighted by atomic mass is 9.89. The Hall–Kier alpha value is -2.82. The summed E-state index contributed by atoms with van der Waals surface area (Å²) in [5.41, 5.74) is 1.72. The van der Waals surface area contributed by atoms with E-state index in [4.69, 9.17) is 4.74 Å². The summed E-state index contributed by atoms with van der Waals surface area (Å²) in [5, 5.41) is 9.53. The van der Waals surface area contributed by atoms with Crippen LogP contribution in [0.25, 0.3) is 0 Å². The normalized spacial score (nSPS) is 17.3. The molecule has 0 bridgehead atoms. The molecule has 0 radical (unpaired) electrons. The summed E-state index contributed by atoms with van der Waals surface area (Å²) < 4.78 is 5.66. The number of hydrogen-bond acceptors (Lipinski definition) is 3. The lowest BCUT2D eigenvalue weighted by molar-refractivity contribution is -0.142. The van der Waals surface area contributed by atoms with Crippen molar-refractivity contribution < 1.29 is 19.4 Å². The first-order valence-corrected chi connectivity index (χ1v) is 8.83. The molecule has 2 atom stereocenters. The van der Waals surface area contributed by atoms with Gasteiger partial charge in [0.2, 0.25) is 5.91 Å². The Labute approximate surface area is 153 Å². The van der Waals surface area contributed by atoms with Crippen LogP contribution in [0.2, 0.25) is 0 Å². The maximum atomic E-state index is 12.8. The van der Waals surface area contributed by atoms with Gasteiger partial charge in [0.15, 0.2) is 0 Å². The van der Waals surface area contributed by atoms with Gasteiger partial charge < -0.3 is 14.7 Å². The number of carboxylic acid groups (broad SMARTS) is 1. The van der Waals surface area contributed by atoms with E-state index in [9.17, 15) is 14.7 Å². The fraction of sp³-hybridized carbons (Fsp3) is 0.333. The van der Waals surface area contributed by atoms with E-state index in [1.807, 2.05) is 61.5 Å². The maximum absolute atomic E-state index is 12.8. The molecule has 2 aromatic rings. The molecule has 0 fully saturated rings. The number of hydrogen-bond donors (Lipinski definition) is 1. The molecule has 0 saturated heterocycles. The molecule has 5 heteroatoms. The van der Waals surface area contributed by atoms with E-state index in [0.717, 1.165) is 16.9 Å². The number of carbonyl (C=O) groups is 2. The molecule has 2 unspecified atom stereocenters. The third-order valence-corrected chi connectivity index (χ3v) is 4.79. The largest absolute Gasteiger partial charge is 0.494 e.